The van der Waals surface area contributed by atoms with Crippen molar-refractivity contribution in [3.63, 3.8) is 0 Å². The van der Waals surface area contributed by atoms with Gasteiger partial charge in [-0.25, -0.2) is 0 Å². The largest absolute Gasteiger partial charge is 0.369 e. The number of carbonyl (C=O) groups excluding carboxylic acids is 2. The summed E-state index contributed by atoms with van der Waals surface area (Å²) < 4.78 is 0.978. The fraction of sp³-hybridized carbons (Fsp3) is 0.455. The summed E-state index contributed by atoms with van der Waals surface area (Å²) in [6.07, 6.45) is 0.673. The summed E-state index contributed by atoms with van der Waals surface area (Å²) in [7, 11) is 0. The number of rotatable bonds is 2. The topological polar surface area (TPSA) is 63.4 Å². The molecule has 2 amide bonds. The third-order valence-corrected chi connectivity index (χ3v) is 5.07. The lowest BCUT2D eigenvalue weighted by Crippen LogP contribution is -2.31. The van der Waals surface area contributed by atoms with Crippen LogP contribution in [0.15, 0.2) is 9.85 Å². The second-order valence-electron chi connectivity index (χ2n) is 4.21. The molecule has 2 rings (SSSR count). The van der Waals surface area contributed by atoms with Gasteiger partial charge in [-0.05, 0) is 40.9 Å². The first-order chi connectivity index (χ1) is 7.99. The molecule has 1 saturated heterocycles. The van der Waals surface area contributed by atoms with Crippen molar-refractivity contribution in [3.05, 3.63) is 20.3 Å². The van der Waals surface area contributed by atoms with Crippen molar-refractivity contribution >= 4 is 39.1 Å². The summed E-state index contributed by atoms with van der Waals surface area (Å²) in [5.41, 5.74) is 6.30. The van der Waals surface area contributed by atoms with Crippen LogP contribution in [0.2, 0.25) is 0 Å². The molecule has 0 aromatic carbocycles. The van der Waals surface area contributed by atoms with Crippen LogP contribution in [0.1, 0.15) is 21.7 Å². The summed E-state index contributed by atoms with van der Waals surface area (Å²) >= 11 is 4.83. The van der Waals surface area contributed by atoms with Crippen molar-refractivity contribution in [2.45, 2.75) is 13.3 Å². The van der Waals surface area contributed by atoms with Gasteiger partial charge in [0, 0.05) is 13.1 Å². The van der Waals surface area contributed by atoms with Crippen molar-refractivity contribution in [1.29, 1.82) is 0 Å². The van der Waals surface area contributed by atoms with Crippen molar-refractivity contribution in [2.24, 2.45) is 11.7 Å². The molecular weight excluding hydrogens is 304 g/mol. The molecular formula is C11H13BrN2O2S. The van der Waals surface area contributed by atoms with E-state index in [0.29, 0.717) is 24.4 Å². The van der Waals surface area contributed by atoms with Gasteiger partial charge in [-0.2, -0.15) is 0 Å². The summed E-state index contributed by atoms with van der Waals surface area (Å²) in [6, 6.07) is 1.87. The zero-order chi connectivity index (χ0) is 12.6. The molecule has 1 aliphatic heterocycles. The molecule has 4 nitrogen and oxygen atoms in total. The smallest absolute Gasteiger partial charge is 0.263 e. The molecule has 1 aromatic heterocycles. The minimum Gasteiger partial charge on any atom is -0.369 e. The first kappa shape index (κ1) is 12.6. The molecule has 1 unspecified atom stereocenters. The molecule has 0 spiro atoms. The zero-order valence-electron chi connectivity index (χ0n) is 9.40. The number of likely N-dealkylation sites (tertiary alicyclic amines) is 1. The van der Waals surface area contributed by atoms with Crippen LogP contribution in [0.3, 0.4) is 0 Å². The maximum atomic E-state index is 12.1. The third kappa shape index (κ3) is 2.52. The summed E-state index contributed by atoms with van der Waals surface area (Å²) in [5, 5.41) is 0. The van der Waals surface area contributed by atoms with E-state index >= 15 is 0 Å². The SMILES string of the molecule is Cc1cc(C(=O)N2CCC(C(N)=O)C2)sc1Br. The van der Waals surface area contributed by atoms with Crippen molar-refractivity contribution in [3.8, 4) is 0 Å². The van der Waals surface area contributed by atoms with Crippen LogP contribution in [0, 0.1) is 12.8 Å². The predicted molar refractivity (Wildman–Crippen MR) is 70.0 cm³/mol. The number of thiophene rings is 1. The molecule has 17 heavy (non-hydrogen) atoms. The molecule has 1 fully saturated rings. The molecule has 1 aromatic rings. The lowest BCUT2D eigenvalue weighted by atomic mass is 10.1. The van der Waals surface area contributed by atoms with Crippen LogP contribution in [0.25, 0.3) is 0 Å². The summed E-state index contributed by atoms with van der Waals surface area (Å²) in [4.78, 5) is 25.6. The Bertz CT molecular complexity index is 453. The average Bonchev–Trinajstić information content (AvgIpc) is 2.86. The summed E-state index contributed by atoms with van der Waals surface area (Å²) in [6.45, 7) is 3.01. The summed E-state index contributed by atoms with van der Waals surface area (Å²) in [5.74, 6) is -0.514. The maximum Gasteiger partial charge on any atom is 0.263 e. The van der Waals surface area contributed by atoms with Gasteiger partial charge in [0.25, 0.3) is 5.91 Å². The third-order valence-electron chi connectivity index (χ3n) is 2.95. The van der Waals surface area contributed by atoms with Crippen LogP contribution in [-0.4, -0.2) is 29.8 Å². The molecule has 1 atom stereocenters. The van der Waals surface area contributed by atoms with E-state index in [9.17, 15) is 9.59 Å². The maximum absolute atomic E-state index is 12.1. The van der Waals surface area contributed by atoms with Gasteiger partial charge in [0.2, 0.25) is 5.91 Å². The number of nitrogens with two attached hydrogens (primary N) is 1. The number of carbonyl (C=O) groups is 2. The minimum absolute atomic E-state index is 0.00690. The number of hydrogen-bond donors (Lipinski definition) is 1. The number of primary amides is 1. The molecule has 2 N–H and O–H groups in total. The van der Waals surface area contributed by atoms with Gasteiger partial charge in [0.15, 0.2) is 0 Å². The number of halogens is 1. The molecule has 0 aliphatic carbocycles. The fourth-order valence-electron chi connectivity index (χ4n) is 1.90. The molecule has 2 heterocycles. The van der Waals surface area contributed by atoms with Crippen LogP contribution >= 0.6 is 27.3 Å². The van der Waals surface area contributed by atoms with Gasteiger partial charge in [-0.1, -0.05) is 0 Å². The predicted octanol–water partition coefficient (Wildman–Crippen LogP) is 1.77. The van der Waals surface area contributed by atoms with Crippen molar-refractivity contribution in [1.82, 2.24) is 4.90 Å². The Morgan fingerprint density at radius 2 is 2.29 bits per heavy atom. The van der Waals surface area contributed by atoms with Gasteiger partial charge in [-0.3, -0.25) is 9.59 Å². The molecule has 6 heteroatoms. The number of amides is 2. The molecule has 0 radical (unpaired) electrons. The van der Waals surface area contributed by atoms with Gasteiger partial charge < -0.3 is 10.6 Å². The van der Waals surface area contributed by atoms with Crippen molar-refractivity contribution < 1.29 is 9.59 Å². The quantitative estimate of drug-likeness (QED) is 0.903. The molecule has 1 aliphatic rings. The highest BCUT2D eigenvalue weighted by Crippen LogP contribution is 2.29. The lowest BCUT2D eigenvalue weighted by Gasteiger charge is -2.14. The monoisotopic (exact) mass is 316 g/mol. The zero-order valence-corrected chi connectivity index (χ0v) is 11.8. The highest BCUT2D eigenvalue weighted by Gasteiger charge is 2.30. The van der Waals surface area contributed by atoms with Crippen LogP contribution < -0.4 is 5.73 Å². The number of aryl methyl sites for hydroxylation is 1. The Morgan fingerprint density at radius 3 is 2.76 bits per heavy atom. The van der Waals surface area contributed by atoms with E-state index in [4.69, 9.17) is 5.73 Å². The number of hydrogen-bond acceptors (Lipinski definition) is 3. The first-order valence-electron chi connectivity index (χ1n) is 5.33. The second-order valence-corrected chi connectivity index (χ2v) is 6.58. The molecule has 92 valence electrons. The highest BCUT2D eigenvalue weighted by atomic mass is 79.9. The average molecular weight is 317 g/mol. The van der Waals surface area contributed by atoms with E-state index in [1.807, 2.05) is 13.0 Å². The normalized spacial score (nSPS) is 19.6. The van der Waals surface area contributed by atoms with E-state index in [2.05, 4.69) is 15.9 Å². The van der Waals surface area contributed by atoms with E-state index < -0.39 is 0 Å². The Hall–Kier alpha value is -0.880. The van der Waals surface area contributed by atoms with E-state index in [1.54, 1.807) is 4.90 Å². The van der Waals surface area contributed by atoms with Crippen molar-refractivity contribution in [2.75, 3.05) is 13.1 Å². The second kappa shape index (κ2) is 4.78. The van der Waals surface area contributed by atoms with Gasteiger partial charge in [0.1, 0.15) is 0 Å². The number of nitrogens with zero attached hydrogens (tertiary/aromatic N) is 1. The highest BCUT2D eigenvalue weighted by molar-refractivity contribution is 9.11. The van der Waals surface area contributed by atoms with Crippen LogP contribution in [0.5, 0.6) is 0 Å². The van der Waals surface area contributed by atoms with Gasteiger partial charge in [-0.15, -0.1) is 11.3 Å². The standard InChI is InChI=1S/C11H13BrN2O2S/c1-6-4-8(17-9(6)12)11(16)14-3-2-7(5-14)10(13)15/h4,7H,2-3,5H2,1H3,(H2,13,15). The van der Waals surface area contributed by atoms with Gasteiger partial charge in [0.05, 0.1) is 14.6 Å². The molecule has 0 bridgehead atoms. The van der Waals surface area contributed by atoms with Crippen LogP contribution in [0.4, 0.5) is 0 Å². The Kier molecular flexibility index (Phi) is 3.53. The first-order valence-corrected chi connectivity index (χ1v) is 6.94. The molecule has 0 saturated carbocycles. The Balaban J connectivity index is 2.09. The Morgan fingerprint density at radius 1 is 1.59 bits per heavy atom. The van der Waals surface area contributed by atoms with Crippen LogP contribution in [-0.2, 0) is 4.79 Å². The van der Waals surface area contributed by atoms with Gasteiger partial charge >= 0.3 is 0 Å². The Labute approximate surface area is 112 Å². The van der Waals surface area contributed by atoms with E-state index in [1.165, 1.54) is 11.3 Å². The fourth-order valence-corrected chi connectivity index (χ4v) is 3.40. The van der Waals surface area contributed by atoms with E-state index in [0.717, 1.165) is 9.35 Å². The van der Waals surface area contributed by atoms with E-state index in [-0.39, 0.29) is 17.7 Å². The minimum atomic E-state index is -0.316. The lowest BCUT2D eigenvalue weighted by molar-refractivity contribution is -0.121.